The van der Waals surface area contributed by atoms with E-state index in [1.165, 1.54) is 0 Å². The van der Waals surface area contributed by atoms with Crippen molar-refractivity contribution in [2.24, 2.45) is 11.8 Å². The van der Waals surface area contributed by atoms with E-state index in [2.05, 4.69) is 17.6 Å². The molecule has 1 aliphatic rings. The summed E-state index contributed by atoms with van der Waals surface area (Å²) in [5.41, 5.74) is 0.983. The van der Waals surface area contributed by atoms with Crippen LogP contribution in [-0.2, 0) is 11.2 Å². The van der Waals surface area contributed by atoms with Gasteiger partial charge in [-0.25, -0.2) is 0 Å². The van der Waals surface area contributed by atoms with Crippen molar-refractivity contribution in [2.75, 3.05) is 41.0 Å². The average molecular weight is 401 g/mol. The maximum Gasteiger partial charge on any atom is 0.220 e. The highest BCUT2D eigenvalue weighted by molar-refractivity contribution is 5.85. The van der Waals surface area contributed by atoms with Crippen LogP contribution in [0.2, 0.25) is 0 Å². The highest BCUT2D eigenvalue weighted by Crippen LogP contribution is 2.39. The van der Waals surface area contributed by atoms with Crippen LogP contribution in [0.5, 0.6) is 17.2 Å². The third-order valence-corrected chi connectivity index (χ3v) is 5.20. The van der Waals surface area contributed by atoms with Gasteiger partial charge in [-0.15, -0.1) is 12.4 Å². The van der Waals surface area contributed by atoms with Gasteiger partial charge in [-0.2, -0.15) is 0 Å². The van der Waals surface area contributed by atoms with Gasteiger partial charge in [-0.05, 0) is 50.3 Å². The summed E-state index contributed by atoms with van der Waals surface area (Å²) < 4.78 is 16.2. The summed E-state index contributed by atoms with van der Waals surface area (Å²) >= 11 is 0. The zero-order valence-electron chi connectivity index (χ0n) is 16.8. The first kappa shape index (κ1) is 23.4. The summed E-state index contributed by atoms with van der Waals surface area (Å²) in [5, 5.41) is 6.41. The van der Waals surface area contributed by atoms with E-state index in [9.17, 15) is 4.79 Å². The van der Waals surface area contributed by atoms with Crippen LogP contribution < -0.4 is 24.8 Å². The van der Waals surface area contributed by atoms with E-state index in [1.807, 2.05) is 12.1 Å². The van der Waals surface area contributed by atoms with E-state index in [1.54, 1.807) is 21.3 Å². The van der Waals surface area contributed by atoms with Crippen LogP contribution in [0.1, 0.15) is 31.7 Å². The van der Waals surface area contributed by atoms with Crippen LogP contribution in [0.15, 0.2) is 12.1 Å². The number of hydrogen-bond acceptors (Lipinski definition) is 5. The molecule has 2 N–H and O–H groups in total. The van der Waals surface area contributed by atoms with Crippen molar-refractivity contribution in [3.63, 3.8) is 0 Å². The predicted molar refractivity (Wildman–Crippen MR) is 109 cm³/mol. The monoisotopic (exact) mass is 400 g/mol. The highest BCUT2D eigenvalue weighted by atomic mass is 35.5. The van der Waals surface area contributed by atoms with Crippen molar-refractivity contribution in [3.05, 3.63) is 17.7 Å². The van der Waals surface area contributed by atoms with Crippen molar-refractivity contribution >= 4 is 18.3 Å². The van der Waals surface area contributed by atoms with E-state index < -0.39 is 0 Å². The van der Waals surface area contributed by atoms with E-state index in [0.29, 0.717) is 48.5 Å². The molecule has 0 aromatic heterocycles. The lowest BCUT2D eigenvalue weighted by Crippen LogP contribution is -2.34. The minimum Gasteiger partial charge on any atom is -0.493 e. The minimum absolute atomic E-state index is 0. The van der Waals surface area contributed by atoms with Crippen LogP contribution in [0.3, 0.4) is 0 Å². The molecule has 1 aliphatic heterocycles. The molecule has 154 valence electrons. The summed E-state index contributed by atoms with van der Waals surface area (Å²) in [5.74, 6) is 3.06. The number of rotatable bonds is 9. The van der Waals surface area contributed by atoms with Gasteiger partial charge in [0, 0.05) is 18.5 Å². The Hall–Kier alpha value is -1.66. The van der Waals surface area contributed by atoms with Crippen LogP contribution in [-0.4, -0.2) is 46.9 Å². The highest BCUT2D eigenvalue weighted by Gasteiger charge is 2.22. The minimum atomic E-state index is 0. The first-order valence-corrected chi connectivity index (χ1v) is 9.36. The summed E-state index contributed by atoms with van der Waals surface area (Å²) in [6.45, 7) is 4.89. The molecule has 0 bridgehead atoms. The Bertz CT molecular complexity index is 592. The lowest BCUT2D eigenvalue weighted by Gasteiger charge is -2.27. The number of carbonyl (C=O) groups excluding carboxylic acids is 1. The number of ether oxygens (including phenoxy) is 3. The summed E-state index contributed by atoms with van der Waals surface area (Å²) in [6, 6.07) is 3.81. The topological polar surface area (TPSA) is 68.8 Å². The van der Waals surface area contributed by atoms with Crippen molar-refractivity contribution in [2.45, 2.75) is 32.6 Å². The molecular formula is C20H33ClN2O4. The smallest absolute Gasteiger partial charge is 0.220 e. The van der Waals surface area contributed by atoms with Crippen molar-refractivity contribution in [3.8, 4) is 17.2 Å². The molecule has 0 aliphatic carbocycles. The Kier molecular flexibility index (Phi) is 10.3. The zero-order chi connectivity index (χ0) is 18.9. The van der Waals surface area contributed by atoms with Gasteiger partial charge in [0.1, 0.15) is 0 Å². The number of hydrogen-bond donors (Lipinski definition) is 2. The Morgan fingerprint density at radius 2 is 1.81 bits per heavy atom. The summed E-state index contributed by atoms with van der Waals surface area (Å²) in [7, 11) is 4.80. The SMILES string of the molecule is COc1ccc(CCNC(=O)CC(C)C2CCNCC2)c(OC)c1OC.Cl. The number of piperidine rings is 1. The fraction of sp³-hybridized carbons (Fsp3) is 0.650. The van der Waals surface area contributed by atoms with Crippen LogP contribution >= 0.6 is 12.4 Å². The van der Waals surface area contributed by atoms with E-state index in [-0.39, 0.29) is 18.3 Å². The second kappa shape index (κ2) is 11.9. The number of benzene rings is 1. The molecule has 1 atom stereocenters. The quantitative estimate of drug-likeness (QED) is 0.667. The first-order chi connectivity index (χ1) is 12.6. The molecule has 7 heteroatoms. The Morgan fingerprint density at radius 1 is 1.15 bits per heavy atom. The van der Waals surface area contributed by atoms with Crippen molar-refractivity contribution < 1.29 is 19.0 Å². The Morgan fingerprint density at radius 3 is 2.41 bits per heavy atom. The molecule has 6 nitrogen and oxygen atoms in total. The first-order valence-electron chi connectivity index (χ1n) is 9.36. The number of nitrogens with one attached hydrogen (secondary N) is 2. The number of methoxy groups -OCH3 is 3. The fourth-order valence-corrected chi connectivity index (χ4v) is 3.64. The molecule has 1 saturated heterocycles. The van der Waals surface area contributed by atoms with Gasteiger partial charge in [0.25, 0.3) is 0 Å². The van der Waals surface area contributed by atoms with E-state index >= 15 is 0 Å². The number of carbonyl (C=O) groups is 1. The van der Waals surface area contributed by atoms with Crippen molar-refractivity contribution in [1.29, 1.82) is 0 Å². The molecule has 1 unspecified atom stereocenters. The molecule has 0 radical (unpaired) electrons. The summed E-state index contributed by atoms with van der Waals surface area (Å²) in [4.78, 5) is 12.3. The molecule has 2 rings (SSSR count). The van der Waals surface area contributed by atoms with Crippen LogP contribution in [0.25, 0.3) is 0 Å². The molecule has 0 spiro atoms. The Balaban J connectivity index is 0.00000364. The third-order valence-electron chi connectivity index (χ3n) is 5.20. The molecule has 1 fully saturated rings. The lowest BCUT2D eigenvalue weighted by atomic mass is 9.84. The maximum atomic E-state index is 12.3. The fourth-order valence-electron chi connectivity index (χ4n) is 3.64. The van der Waals surface area contributed by atoms with E-state index in [0.717, 1.165) is 31.5 Å². The number of halogens is 1. The average Bonchev–Trinajstić information content (AvgIpc) is 2.67. The van der Waals surface area contributed by atoms with E-state index in [4.69, 9.17) is 14.2 Å². The lowest BCUT2D eigenvalue weighted by molar-refractivity contribution is -0.122. The molecule has 27 heavy (non-hydrogen) atoms. The zero-order valence-corrected chi connectivity index (χ0v) is 17.6. The van der Waals surface area contributed by atoms with Gasteiger partial charge in [0.2, 0.25) is 11.7 Å². The van der Waals surface area contributed by atoms with Crippen LogP contribution in [0.4, 0.5) is 0 Å². The molecule has 1 aromatic carbocycles. The predicted octanol–water partition coefficient (Wildman–Crippen LogP) is 2.82. The van der Waals surface area contributed by atoms with Gasteiger partial charge in [0.15, 0.2) is 11.5 Å². The Labute approximate surface area is 168 Å². The van der Waals surface area contributed by atoms with Gasteiger partial charge in [-0.1, -0.05) is 13.0 Å². The normalized spacial score (nSPS) is 15.4. The second-order valence-electron chi connectivity index (χ2n) is 6.86. The van der Waals surface area contributed by atoms with Crippen LogP contribution in [0, 0.1) is 11.8 Å². The van der Waals surface area contributed by atoms with Gasteiger partial charge in [0.05, 0.1) is 21.3 Å². The maximum absolute atomic E-state index is 12.3. The van der Waals surface area contributed by atoms with Gasteiger partial charge >= 0.3 is 0 Å². The molecule has 1 heterocycles. The van der Waals surface area contributed by atoms with Gasteiger partial charge in [-0.3, -0.25) is 4.79 Å². The number of amides is 1. The standard InChI is InChI=1S/C20H32N2O4.ClH/c1-14(15-7-10-21-11-8-15)13-18(23)22-12-9-16-5-6-17(24-2)20(26-4)19(16)25-3;/h5-6,14-15,21H,7-13H2,1-4H3,(H,22,23);1H. The third kappa shape index (κ3) is 6.47. The van der Waals surface area contributed by atoms with Crippen molar-refractivity contribution in [1.82, 2.24) is 10.6 Å². The molecule has 0 saturated carbocycles. The second-order valence-corrected chi connectivity index (χ2v) is 6.86. The van der Waals surface area contributed by atoms with Gasteiger partial charge < -0.3 is 24.8 Å². The molecular weight excluding hydrogens is 368 g/mol. The molecule has 1 aromatic rings. The largest absolute Gasteiger partial charge is 0.493 e. The summed E-state index contributed by atoms with van der Waals surface area (Å²) in [6.07, 6.45) is 3.60. The molecule has 1 amide bonds.